The molecule has 0 N–H and O–H groups in total. The van der Waals surface area contributed by atoms with E-state index in [2.05, 4.69) is 16.5 Å². The molecule has 1 amide bonds. The summed E-state index contributed by atoms with van der Waals surface area (Å²) < 4.78 is 11.2. The van der Waals surface area contributed by atoms with Crippen molar-refractivity contribution in [1.82, 2.24) is 14.9 Å². The van der Waals surface area contributed by atoms with Gasteiger partial charge in [0.1, 0.15) is 5.82 Å². The minimum absolute atomic E-state index is 0.0250. The number of amides is 1. The highest BCUT2D eigenvalue weighted by molar-refractivity contribution is 5.78. The Kier molecular flexibility index (Phi) is 7.19. The van der Waals surface area contributed by atoms with Gasteiger partial charge in [-0.05, 0) is 30.2 Å². The molecule has 1 aliphatic rings. The lowest BCUT2D eigenvalue weighted by atomic mass is 10.1. The summed E-state index contributed by atoms with van der Waals surface area (Å²) in [5.74, 6) is 2.71. The van der Waals surface area contributed by atoms with Crippen LogP contribution in [0.1, 0.15) is 5.56 Å². The molecule has 1 aliphatic heterocycles. The second kappa shape index (κ2) is 10.6. The molecule has 0 saturated carbocycles. The number of piperazine rings is 1. The number of rotatable bonds is 8. The number of carbonyl (C=O) groups excluding carboxylic acids is 1. The van der Waals surface area contributed by atoms with E-state index in [0.717, 1.165) is 23.4 Å². The van der Waals surface area contributed by atoms with Gasteiger partial charge >= 0.3 is 0 Å². The van der Waals surface area contributed by atoms with Gasteiger partial charge in [-0.15, -0.1) is 6.58 Å². The summed E-state index contributed by atoms with van der Waals surface area (Å²) in [6.07, 6.45) is 4.37. The van der Waals surface area contributed by atoms with Crippen LogP contribution in [0.4, 0.5) is 5.82 Å². The van der Waals surface area contributed by atoms with Crippen molar-refractivity contribution in [2.75, 3.05) is 44.8 Å². The van der Waals surface area contributed by atoms with Crippen LogP contribution >= 0.6 is 0 Å². The standard InChI is InChI=1S/C26H28N4O3/c1-3-7-20-10-11-22(23(18-20)32-2)33-19-25(31)30-16-14-29(15-17-30)24-12-13-27-26(28-24)21-8-5-4-6-9-21/h3-6,8-13,18H,1,7,14-17,19H2,2H3. The summed E-state index contributed by atoms with van der Waals surface area (Å²) in [5, 5.41) is 0. The molecule has 170 valence electrons. The molecule has 0 bridgehead atoms. The van der Waals surface area contributed by atoms with Crippen LogP contribution in [-0.4, -0.2) is 60.7 Å². The quantitative estimate of drug-likeness (QED) is 0.495. The van der Waals surface area contributed by atoms with Crippen LogP contribution in [0.5, 0.6) is 11.5 Å². The monoisotopic (exact) mass is 444 g/mol. The molecule has 0 spiro atoms. The first-order valence-electron chi connectivity index (χ1n) is 11.0. The van der Waals surface area contributed by atoms with E-state index in [4.69, 9.17) is 14.5 Å². The Balaban J connectivity index is 1.32. The predicted octanol–water partition coefficient (Wildman–Crippen LogP) is 3.61. The number of hydrogen-bond donors (Lipinski definition) is 0. The zero-order valence-electron chi connectivity index (χ0n) is 18.8. The second-order valence-electron chi connectivity index (χ2n) is 7.74. The lowest BCUT2D eigenvalue weighted by Crippen LogP contribution is -2.50. The summed E-state index contributed by atoms with van der Waals surface area (Å²) in [7, 11) is 1.59. The zero-order valence-corrected chi connectivity index (χ0v) is 18.8. The van der Waals surface area contributed by atoms with Crippen LogP contribution in [-0.2, 0) is 11.2 Å². The molecule has 2 heterocycles. The van der Waals surface area contributed by atoms with Crippen molar-refractivity contribution in [1.29, 1.82) is 0 Å². The Labute approximate surface area is 194 Å². The third kappa shape index (κ3) is 5.49. The van der Waals surface area contributed by atoms with Crippen molar-refractivity contribution in [3.05, 3.63) is 79.0 Å². The van der Waals surface area contributed by atoms with Crippen molar-refractivity contribution in [2.24, 2.45) is 0 Å². The third-order valence-electron chi connectivity index (χ3n) is 5.59. The van der Waals surface area contributed by atoms with E-state index >= 15 is 0 Å². The second-order valence-corrected chi connectivity index (χ2v) is 7.74. The Bertz CT molecular complexity index is 1100. The first-order valence-corrected chi connectivity index (χ1v) is 11.0. The van der Waals surface area contributed by atoms with E-state index in [1.807, 2.05) is 65.6 Å². The third-order valence-corrected chi connectivity index (χ3v) is 5.59. The van der Waals surface area contributed by atoms with Crippen molar-refractivity contribution < 1.29 is 14.3 Å². The maximum absolute atomic E-state index is 12.7. The number of hydrogen-bond acceptors (Lipinski definition) is 6. The molecule has 1 fully saturated rings. The molecule has 1 saturated heterocycles. The molecule has 0 atom stereocenters. The van der Waals surface area contributed by atoms with E-state index in [1.165, 1.54) is 0 Å². The smallest absolute Gasteiger partial charge is 0.260 e. The Morgan fingerprint density at radius 1 is 1.06 bits per heavy atom. The van der Waals surface area contributed by atoms with Gasteiger partial charge in [0.05, 0.1) is 7.11 Å². The molecule has 33 heavy (non-hydrogen) atoms. The fraction of sp³-hybridized carbons (Fsp3) is 0.269. The summed E-state index contributed by atoms with van der Waals surface area (Å²) in [4.78, 5) is 25.8. The molecule has 4 rings (SSSR count). The van der Waals surface area contributed by atoms with Gasteiger partial charge in [-0.3, -0.25) is 4.79 Å². The SMILES string of the molecule is C=CCc1ccc(OCC(=O)N2CCN(c3ccnc(-c4ccccc4)n3)CC2)c(OC)c1. The average molecular weight is 445 g/mol. The maximum Gasteiger partial charge on any atom is 0.260 e. The van der Waals surface area contributed by atoms with Crippen molar-refractivity contribution in [2.45, 2.75) is 6.42 Å². The maximum atomic E-state index is 12.7. The highest BCUT2D eigenvalue weighted by atomic mass is 16.5. The molecular formula is C26H28N4O3. The molecule has 7 nitrogen and oxygen atoms in total. The largest absolute Gasteiger partial charge is 0.493 e. The summed E-state index contributed by atoms with van der Waals surface area (Å²) >= 11 is 0. The van der Waals surface area contributed by atoms with Gasteiger partial charge in [0.15, 0.2) is 23.9 Å². The molecule has 7 heteroatoms. The average Bonchev–Trinajstić information content (AvgIpc) is 2.88. The van der Waals surface area contributed by atoms with Crippen LogP contribution in [0.15, 0.2) is 73.4 Å². The molecule has 0 aliphatic carbocycles. The van der Waals surface area contributed by atoms with E-state index in [1.54, 1.807) is 13.3 Å². The number of benzene rings is 2. The number of carbonyl (C=O) groups is 1. The minimum Gasteiger partial charge on any atom is -0.493 e. The summed E-state index contributed by atoms with van der Waals surface area (Å²) in [6, 6.07) is 17.5. The van der Waals surface area contributed by atoms with Crippen LogP contribution in [0.2, 0.25) is 0 Å². The van der Waals surface area contributed by atoms with E-state index < -0.39 is 0 Å². The molecular weight excluding hydrogens is 416 g/mol. The van der Waals surface area contributed by atoms with Gasteiger partial charge < -0.3 is 19.3 Å². The van der Waals surface area contributed by atoms with Gasteiger partial charge in [-0.2, -0.15) is 0 Å². The van der Waals surface area contributed by atoms with Gasteiger partial charge in [-0.1, -0.05) is 42.5 Å². The van der Waals surface area contributed by atoms with E-state index in [9.17, 15) is 4.79 Å². The van der Waals surface area contributed by atoms with E-state index in [0.29, 0.717) is 43.5 Å². The number of anilines is 1. The molecule has 0 unspecified atom stereocenters. The minimum atomic E-state index is -0.0421. The Morgan fingerprint density at radius 3 is 2.58 bits per heavy atom. The number of methoxy groups -OCH3 is 1. The summed E-state index contributed by atoms with van der Waals surface area (Å²) in [5.41, 5.74) is 2.06. The van der Waals surface area contributed by atoms with Gasteiger partial charge in [0.2, 0.25) is 0 Å². The predicted molar refractivity (Wildman–Crippen MR) is 129 cm³/mol. The molecule has 0 radical (unpaired) electrons. The fourth-order valence-corrected chi connectivity index (χ4v) is 3.79. The number of aromatic nitrogens is 2. The fourth-order valence-electron chi connectivity index (χ4n) is 3.79. The highest BCUT2D eigenvalue weighted by Gasteiger charge is 2.23. The van der Waals surface area contributed by atoms with Gasteiger partial charge in [0, 0.05) is 37.9 Å². The lowest BCUT2D eigenvalue weighted by molar-refractivity contribution is -0.133. The van der Waals surface area contributed by atoms with Crippen LogP contribution in [0, 0.1) is 0 Å². The van der Waals surface area contributed by atoms with Crippen LogP contribution in [0.3, 0.4) is 0 Å². The van der Waals surface area contributed by atoms with Crippen molar-refractivity contribution in [3.8, 4) is 22.9 Å². The van der Waals surface area contributed by atoms with Gasteiger partial charge in [0.25, 0.3) is 5.91 Å². The highest BCUT2D eigenvalue weighted by Crippen LogP contribution is 2.28. The normalized spacial score (nSPS) is 13.5. The summed E-state index contributed by atoms with van der Waals surface area (Å²) in [6.45, 7) is 6.37. The van der Waals surface area contributed by atoms with Crippen molar-refractivity contribution in [3.63, 3.8) is 0 Å². The number of allylic oxidation sites excluding steroid dienone is 1. The topological polar surface area (TPSA) is 67.8 Å². The first kappa shape index (κ1) is 22.3. The van der Waals surface area contributed by atoms with Gasteiger partial charge in [-0.25, -0.2) is 9.97 Å². The first-order chi connectivity index (χ1) is 16.2. The Morgan fingerprint density at radius 2 is 1.85 bits per heavy atom. The van der Waals surface area contributed by atoms with Crippen molar-refractivity contribution >= 4 is 11.7 Å². The van der Waals surface area contributed by atoms with E-state index in [-0.39, 0.29) is 12.5 Å². The Hall–Kier alpha value is -3.87. The van der Waals surface area contributed by atoms with Crippen LogP contribution < -0.4 is 14.4 Å². The zero-order chi connectivity index (χ0) is 23.0. The lowest BCUT2D eigenvalue weighted by Gasteiger charge is -2.35. The number of nitrogens with zero attached hydrogens (tertiary/aromatic N) is 4. The van der Waals surface area contributed by atoms with Crippen LogP contribution in [0.25, 0.3) is 11.4 Å². The molecule has 2 aromatic carbocycles. The number of ether oxygens (including phenoxy) is 2. The molecule has 1 aromatic heterocycles. The molecule has 3 aromatic rings.